The van der Waals surface area contributed by atoms with Crippen molar-refractivity contribution in [2.24, 2.45) is 0 Å². The number of hydrogen-bond donors (Lipinski definition) is 0. The molecule has 0 amide bonds. The predicted molar refractivity (Wildman–Crippen MR) is 71.2 cm³/mol. The average Bonchev–Trinajstić information content (AvgIpc) is 2.26. The fourth-order valence-electron chi connectivity index (χ4n) is 1.59. The largest absolute Gasteiger partial charge is 0.300 e. The van der Waals surface area contributed by atoms with E-state index in [1.807, 2.05) is 18.7 Å². The van der Waals surface area contributed by atoms with Crippen LogP contribution < -0.4 is 0 Å². The third kappa shape index (κ3) is 4.40. The lowest BCUT2D eigenvalue weighted by Gasteiger charge is -2.06. The van der Waals surface area contributed by atoms with E-state index in [0.29, 0.717) is 12.2 Å². The molecule has 0 unspecified atom stereocenters. The lowest BCUT2D eigenvalue weighted by atomic mass is 10.2. The highest BCUT2D eigenvalue weighted by Gasteiger charge is 2.01. The highest BCUT2D eigenvalue weighted by molar-refractivity contribution is 7.99. The number of benzene rings is 1. The summed E-state index contributed by atoms with van der Waals surface area (Å²) in [5, 5.41) is 0. The van der Waals surface area contributed by atoms with E-state index < -0.39 is 0 Å². The van der Waals surface area contributed by atoms with Crippen LogP contribution in [0.2, 0.25) is 0 Å². The zero-order chi connectivity index (χ0) is 12.0. The van der Waals surface area contributed by atoms with Crippen LogP contribution in [-0.4, -0.2) is 11.5 Å². The van der Waals surface area contributed by atoms with E-state index in [-0.39, 0.29) is 0 Å². The van der Waals surface area contributed by atoms with Crippen molar-refractivity contribution in [2.75, 3.05) is 5.75 Å². The molecule has 2 heteroatoms. The van der Waals surface area contributed by atoms with E-state index in [4.69, 9.17) is 0 Å². The first-order valence-electron chi connectivity index (χ1n) is 5.85. The first-order chi connectivity index (χ1) is 7.63. The Bertz CT molecular complexity index is 358. The van der Waals surface area contributed by atoms with Gasteiger partial charge in [-0.15, -0.1) is 11.8 Å². The van der Waals surface area contributed by atoms with E-state index in [9.17, 15) is 4.79 Å². The van der Waals surface area contributed by atoms with E-state index in [1.165, 1.54) is 16.0 Å². The molecule has 0 saturated carbocycles. The molecule has 0 N–H and O–H groups in total. The van der Waals surface area contributed by atoms with Crippen LogP contribution in [0, 0.1) is 13.8 Å². The van der Waals surface area contributed by atoms with Crippen LogP contribution in [-0.2, 0) is 4.79 Å². The van der Waals surface area contributed by atoms with E-state index in [0.717, 1.165) is 18.6 Å². The van der Waals surface area contributed by atoms with E-state index >= 15 is 0 Å². The standard InChI is InChI=1S/C14H20OS/c1-4-13(15)6-5-9-16-14-8-7-11(2)10-12(14)3/h7-8,10H,4-6,9H2,1-3H3. The fraction of sp³-hybridized carbons (Fsp3) is 0.500. The maximum absolute atomic E-state index is 11.1. The summed E-state index contributed by atoms with van der Waals surface area (Å²) < 4.78 is 0. The Morgan fingerprint density at radius 1 is 1.31 bits per heavy atom. The molecule has 0 aliphatic heterocycles. The second kappa shape index (κ2) is 6.74. The number of carbonyl (C=O) groups is 1. The molecule has 1 nitrogen and oxygen atoms in total. The van der Waals surface area contributed by atoms with Gasteiger partial charge in [-0.1, -0.05) is 24.6 Å². The summed E-state index contributed by atoms with van der Waals surface area (Å²) in [6.07, 6.45) is 2.40. The van der Waals surface area contributed by atoms with Crippen LogP contribution in [0.4, 0.5) is 0 Å². The quantitative estimate of drug-likeness (QED) is 0.545. The molecule has 0 aliphatic rings. The average molecular weight is 236 g/mol. The number of ketones is 1. The molecule has 0 heterocycles. The van der Waals surface area contributed by atoms with Crippen molar-refractivity contribution in [3.63, 3.8) is 0 Å². The second-order valence-electron chi connectivity index (χ2n) is 4.11. The minimum atomic E-state index is 0.376. The van der Waals surface area contributed by atoms with Gasteiger partial charge in [0.25, 0.3) is 0 Å². The van der Waals surface area contributed by atoms with Crippen molar-refractivity contribution < 1.29 is 4.79 Å². The molecular weight excluding hydrogens is 216 g/mol. The van der Waals surface area contributed by atoms with Gasteiger partial charge in [0.05, 0.1) is 0 Å². The van der Waals surface area contributed by atoms with Gasteiger partial charge in [-0.3, -0.25) is 4.79 Å². The van der Waals surface area contributed by atoms with Crippen LogP contribution in [0.5, 0.6) is 0 Å². The minimum Gasteiger partial charge on any atom is -0.300 e. The van der Waals surface area contributed by atoms with Crippen molar-refractivity contribution in [1.82, 2.24) is 0 Å². The van der Waals surface area contributed by atoms with Gasteiger partial charge < -0.3 is 0 Å². The lowest BCUT2D eigenvalue weighted by Crippen LogP contribution is -1.95. The van der Waals surface area contributed by atoms with Gasteiger partial charge in [0.15, 0.2) is 0 Å². The number of carbonyl (C=O) groups excluding carboxylic acids is 1. The Morgan fingerprint density at radius 2 is 2.06 bits per heavy atom. The SMILES string of the molecule is CCC(=O)CCCSc1ccc(C)cc1C. The van der Waals surface area contributed by atoms with Gasteiger partial charge in [0.2, 0.25) is 0 Å². The number of Topliss-reactive ketones (excluding diaryl/α,β-unsaturated/α-hetero) is 1. The van der Waals surface area contributed by atoms with Gasteiger partial charge in [0, 0.05) is 17.7 Å². The molecule has 0 atom stereocenters. The second-order valence-corrected chi connectivity index (χ2v) is 5.25. The van der Waals surface area contributed by atoms with Crippen molar-refractivity contribution in [3.8, 4) is 0 Å². The summed E-state index contributed by atoms with van der Waals surface area (Å²) in [5.41, 5.74) is 2.65. The zero-order valence-corrected chi connectivity index (χ0v) is 11.2. The zero-order valence-electron chi connectivity index (χ0n) is 10.4. The summed E-state index contributed by atoms with van der Waals surface area (Å²) in [6.45, 7) is 6.19. The highest BCUT2D eigenvalue weighted by atomic mass is 32.2. The minimum absolute atomic E-state index is 0.376. The monoisotopic (exact) mass is 236 g/mol. The molecule has 0 aliphatic carbocycles. The van der Waals surface area contributed by atoms with Crippen LogP contribution in [0.25, 0.3) is 0 Å². The molecule has 1 rings (SSSR count). The van der Waals surface area contributed by atoms with Crippen molar-refractivity contribution in [2.45, 2.75) is 44.9 Å². The molecule has 0 radical (unpaired) electrons. The Balaban J connectivity index is 2.35. The summed E-state index contributed by atoms with van der Waals surface area (Å²) in [4.78, 5) is 12.5. The van der Waals surface area contributed by atoms with Gasteiger partial charge in [-0.2, -0.15) is 0 Å². The smallest absolute Gasteiger partial charge is 0.132 e. The molecule has 16 heavy (non-hydrogen) atoms. The third-order valence-electron chi connectivity index (χ3n) is 2.58. The van der Waals surface area contributed by atoms with E-state index in [2.05, 4.69) is 32.0 Å². The summed E-state index contributed by atoms with van der Waals surface area (Å²) >= 11 is 1.86. The topological polar surface area (TPSA) is 17.1 Å². The van der Waals surface area contributed by atoms with Crippen LogP contribution >= 0.6 is 11.8 Å². The molecule has 88 valence electrons. The van der Waals surface area contributed by atoms with Gasteiger partial charge >= 0.3 is 0 Å². The number of rotatable bonds is 6. The first-order valence-corrected chi connectivity index (χ1v) is 6.83. The van der Waals surface area contributed by atoms with Gasteiger partial charge in [-0.05, 0) is 37.7 Å². The van der Waals surface area contributed by atoms with Crippen LogP contribution in [0.15, 0.2) is 23.1 Å². The number of thioether (sulfide) groups is 1. The first kappa shape index (κ1) is 13.3. The molecule has 0 fully saturated rings. The Hall–Kier alpha value is -0.760. The normalized spacial score (nSPS) is 10.4. The Kier molecular flexibility index (Phi) is 5.61. The predicted octanol–water partition coefficient (Wildman–Crippen LogP) is 4.15. The maximum atomic E-state index is 11.1. The molecule has 1 aromatic carbocycles. The van der Waals surface area contributed by atoms with Crippen molar-refractivity contribution in [3.05, 3.63) is 29.3 Å². The van der Waals surface area contributed by atoms with Gasteiger partial charge in [0.1, 0.15) is 5.78 Å². The summed E-state index contributed by atoms with van der Waals surface area (Å²) in [5.74, 6) is 1.41. The van der Waals surface area contributed by atoms with Crippen molar-refractivity contribution in [1.29, 1.82) is 0 Å². The fourth-order valence-corrected chi connectivity index (χ4v) is 2.55. The lowest BCUT2D eigenvalue weighted by molar-refractivity contribution is -0.118. The summed E-state index contributed by atoms with van der Waals surface area (Å²) in [6, 6.07) is 6.53. The maximum Gasteiger partial charge on any atom is 0.132 e. The Morgan fingerprint density at radius 3 is 2.69 bits per heavy atom. The Labute approximate surface area is 103 Å². The molecule has 0 spiro atoms. The van der Waals surface area contributed by atoms with Gasteiger partial charge in [-0.25, -0.2) is 0 Å². The molecule has 0 aromatic heterocycles. The molecule has 1 aromatic rings. The van der Waals surface area contributed by atoms with Crippen LogP contribution in [0.3, 0.4) is 0 Å². The van der Waals surface area contributed by atoms with Crippen molar-refractivity contribution >= 4 is 17.5 Å². The molecule has 0 bridgehead atoms. The third-order valence-corrected chi connectivity index (χ3v) is 3.84. The van der Waals surface area contributed by atoms with E-state index in [1.54, 1.807) is 0 Å². The molecular formula is C14H20OS. The number of hydrogen-bond acceptors (Lipinski definition) is 2. The van der Waals surface area contributed by atoms with Crippen LogP contribution in [0.1, 0.15) is 37.3 Å². The number of aryl methyl sites for hydroxylation is 2. The summed E-state index contributed by atoms with van der Waals surface area (Å²) in [7, 11) is 0. The molecule has 0 saturated heterocycles. The highest BCUT2D eigenvalue weighted by Crippen LogP contribution is 2.24.